The zero-order valence-electron chi connectivity index (χ0n) is 23.9. The first kappa shape index (κ1) is 31.9. The monoisotopic (exact) mass is 587 g/mol. The normalized spacial score (nSPS) is 11.9. The fourth-order valence-corrected chi connectivity index (χ4v) is 5.51. The Balaban J connectivity index is 1.67. The lowest BCUT2D eigenvalue weighted by atomic mass is 10.2. The maximum absolute atomic E-state index is 14.0. The van der Waals surface area contributed by atoms with Crippen molar-refractivity contribution in [3.8, 4) is 29.3 Å². The first-order chi connectivity index (χ1) is 19.9. The number of ether oxygens (including phenoxy) is 4. The topological polar surface area (TPSA) is 127 Å². The van der Waals surface area contributed by atoms with Crippen molar-refractivity contribution < 1.29 is 37.4 Å². The number of amides is 1. The van der Waals surface area contributed by atoms with E-state index in [2.05, 4.69) is 15.3 Å². The molecule has 1 amide bonds. The molecule has 0 spiro atoms. The highest BCUT2D eigenvalue weighted by Crippen LogP contribution is 2.59. The molecule has 0 saturated carbocycles. The summed E-state index contributed by atoms with van der Waals surface area (Å²) in [6.07, 6.45) is 3.18. The Labute approximate surface area is 241 Å². The molecular weight excluding hydrogens is 549 g/mol. The second-order valence-electron chi connectivity index (χ2n) is 8.89. The van der Waals surface area contributed by atoms with Crippen LogP contribution in [0.25, 0.3) is 0 Å². The van der Waals surface area contributed by atoms with Crippen molar-refractivity contribution in [2.45, 2.75) is 45.3 Å². The summed E-state index contributed by atoms with van der Waals surface area (Å²) < 4.78 is 47.3. The Hall–Kier alpha value is -3.66. The number of carbonyl (C=O) groups is 1. The molecule has 3 rings (SSSR count). The molecule has 0 saturated heterocycles. The van der Waals surface area contributed by atoms with Gasteiger partial charge in [0.25, 0.3) is 5.91 Å². The second-order valence-corrected chi connectivity index (χ2v) is 11.0. The number of carbonyl (C=O) groups excluding carboxylic acids is 1. The van der Waals surface area contributed by atoms with Gasteiger partial charge in [0, 0.05) is 0 Å². The summed E-state index contributed by atoms with van der Waals surface area (Å²) in [5.41, 5.74) is 0.620. The fraction of sp³-hybridized carbons (Fsp3) is 0.414. The van der Waals surface area contributed by atoms with Crippen LogP contribution in [0.4, 0.5) is 0 Å². The smallest absolute Gasteiger partial charge is 0.357 e. The molecule has 41 heavy (non-hydrogen) atoms. The Bertz CT molecular complexity index is 1220. The molecule has 0 fully saturated rings. The van der Waals surface area contributed by atoms with E-state index in [9.17, 15) is 9.36 Å². The summed E-state index contributed by atoms with van der Waals surface area (Å²) in [5.74, 6) is -0.00544. The van der Waals surface area contributed by atoms with Crippen LogP contribution in [-0.4, -0.2) is 49.9 Å². The third-order valence-electron chi connectivity index (χ3n) is 5.75. The van der Waals surface area contributed by atoms with E-state index in [4.69, 9.17) is 28.0 Å². The molecule has 0 aliphatic heterocycles. The summed E-state index contributed by atoms with van der Waals surface area (Å²) in [6, 6.07) is 17.2. The number of rotatable bonds is 18. The van der Waals surface area contributed by atoms with Gasteiger partial charge in [0.15, 0.2) is 12.4 Å². The standard InChI is InChI=1S/C29H38N3O8P/c1-5-7-18-38-41(34,39-19-8-6-2)28(22-12-10-9-11-13-22)30-25(33)21-37-23-14-16-24(17-15-23)40-29-31-26(35-3)20-27(32-29)36-4/h9-17,20,28H,5-8,18-19,21H2,1-4H3,(H,30,33). The van der Waals surface area contributed by atoms with Crippen LogP contribution in [0.15, 0.2) is 60.7 Å². The van der Waals surface area contributed by atoms with Gasteiger partial charge in [-0.2, -0.15) is 9.97 Å². The predicted octanol–water partition coefficient (Wildman–Crippen LogP) is 6.31. The molecule has 12 heteroatoms. The third kappa shape index (κ3) is 10.0. The molecule has 1 atom stereocenters. The molecule has 0 radical (unpaired) electrons. The predicted molar refractivity (Wildman–Crippen MR) is 154 cm³/mol. The van der Waals surface area contributed by atoms with Gasteiger partial charge >= 0.3 is 13.6 Å². The van der Waals surface area contributed by atoms with Crippen molar-refractivity contribution in [3.63, 3.8) is 0 Å². The first-order valence-electron chi connectivity index (χ1n) is 13.5. The minimum absolute atomic E-state index is 0.0490. The van der Waals surface area contributed by atoms with E-state index in [1.165, 1.54) is 20.3 Å². The van der Waals surface area contributed by atoms with E-state index in [1.54, 1.807) is 36.4 Å². The molecule has 0 bridgehead atoms. The molecule has 1 aromatic heterocycles. The molecule has 222 valence electrons. The van der Waals surface area contributed by atoms with Crippen LogP contribution in [0, 0.1) is 0 Å². The van der Waals surface area contributed by atoms with Gasteiger partial charge in [-0.1, -0.05) is 57.0 Å². The Morgan fingerprint density at radius 3 is 1.95 bits per heavy atom. The molecule has 1 unspecified atom stereocenters. The molecule has 11 nitrogen and oxygen atoms in total. The lowest BCUT2D eigenvalue weighted by molar-refractivity contribution is -0.123. The van der Waals surface area contributed by atoms with Crippen molar-refractivity contribution in [3.05, 3.63) is 66.2 Å². The van der Waals surface area contributed by atoms with Crippen LogP contribution in [0.1, 0.15) is 50.9 Å². The average Bonchev–Trinajstić information content (AvgIpc) is 3.00. The van der Waals surface area contributed by atoms with Gasteiger partial charge in [-0.05, 0) is 42.7 Å². The fourth-order valence-electron chi connectivity index (χ4n) is 3.53. The van der Waals surface area contributed by atoms with Gasteiger partial charge in [0.1, 0.15) is 11.5 Å². The molecule has 1 N–H and O–H groups in total. The van der Waals surface area contributed by atoms with Gasteiger partial charge in [0.05, 0.1) is 33.5 Å². The Kier molecular flexibility index (Phi) is 12.9. The number of nitrogens with one attached hydrogen (secondary N) is 1. The van der Waals surface area contributed by atoms with E-state index in [0.717, 1.165) is 25.7 Å². The van der Waals surface area contributed by atoms with Gasteiger partial charge in [-0.3, -0.25) is 9.36 Å². The van der Waals surface area contributed by atoms with Crippen LogP contribution in [0.2, 0.25) is 0 Å². The summed E-state index contributed by atoms with van der Waals surface area (Å²) >= 11 is 0. The van der Waals surface area contributed by atoms with Crippen LogP contribution < -0.4 is 24.3 Å². The number of unbranched alkanes of at least 4 members (excludes halogenated alkanes) is 2. The highest BCUT2D eigenvalue weighted by atomic mass is 31.2. The highest BCUT2D eigenvalue weighted by molar-refractivity contribution is 7.54. The first-order valence-corrected chi connectivity index (χ1v) is 15.1. The van der Waals surface area contributed by atoms with Gasteiger partial charge in [0.2, 0.25) is 11.8 Å². The summed E-state index contributed by atoms with van der Waals surface area (Å²) in [5, 5.41) is 2.82. The summed E-state index contributed by atoms with van der Waals surface area (Å²) in [4.78, 5) is 21.3. The quantitative estimate of drug-likeness (QED) is 0.134. The molecule has 1 heterocycles. The molecule has 0 aliphatic rings. The number of methoxy groups -OCH3 is 2. The van der Waals surface area contributed by atoms with Crippen molar-refractivity contribution >= 4 is 13.5 Å². The number of hydrogen-bond acceptors (Lipinski definition) is 10. The van der Waals surface area contributed by atoms with Crippen LogP contribution >= 0.6 is 7.60 Å². The lowest BCUT2D eigenvalue weighted by Gasteiger charge is -2.28. The highest BCUT2D eigenvalue weighted by Gasteiger charge is 2.38. The Morgan fingerprint density at radius 1 is 0.854 bits per heavy atom. The second kappa shape index (κ2) is 16.6. The van der Waals surface area contributed by atoms with Crippen molar-refractivity contribution in [2.24, 2.45) is 0 Å². The maximum Gasteiger partial charge on any atom is 0.357 e. The number of benzene rings is 2. The van der Waals surface area contributed by atoms with E-state index < -0.39 is 19.3 Å². The van der Waals surface area contributed by atoms with Crippen LogP contribution in [-0.2, 0) is 18.4 Å². The average molecular weight is 588 g/mol. The number of nitrogens with zero attached hydrogens (tertiary/aromatic N) is 2. The lowest BCUT2D eigenvalue weighted by Crippen LogP contribution is -2.33. The number of aromatic nitrogens is 2. The minimum Gasteiger partial charge on any atom is -0.484 e. The summed E-state index contributed by atoms with van der Waals surface area (Å²) in [6.45, 7) is 4.24. The Morgan fingerprint density at radius 2 is 1.41 bits per heavy atom. The SMILES string of the molecule is CCCCOP(=O)(OCCCC)C(NC(=O)COc1ccc(Oc2nc(OC)cc(OC)n2)cc1)c1ccccc1. The third-order valence-corrected chi connectivity index (χ3v) is 7.89. The molecule has 3 aromatic rings. The van der Waals surface area contributed by atoms with Crippen molar-refractivity contribution in [2.75, 3.05) is 34.0 Å². The van der Waals surface area contributed by atoms with E-state index in [1.807, 2.05) is 32.0 Å². The largest absolute Gasteiger partial charge is 0.484 e. The van der Waals surface area contributed by atoms with Crippen molar-refractivity contribution in [1.82, 2.24) is 15.3 Å². The van der Waals surface area contributed by atoms with Crippen LogP contribution in [0.5, 0.6) is 29.3 Å². The van der Waals surface area contributed by atoms with Gasteiger partial charge < -0.3 is 33.3 Å². The summed E-state index contributed by atoms with van der Waals surface area (Å²) in [7, 11) is -0.786. The van der Waals surface area contributed by atoms with E-state index in [0.29, 0.717) is 28.8 Å². The number of hydrogen-bond donors (Lipinski definition) is 1. The molecule has 0 aliphatic carbocycles. The van der Waals surface area contributed by atoms with E-state index >= 15 is 0 Å². The maximum atomic E-state index is 14.0. The van der Waals surface area contributed by atoms with Gasteiger partial charge in [-0.15, -0.1) is 0 Å². The molecule has 2 aromatic carbocycles. The zero-order valence-corrected chi connectivity index (χ0v) is 24.8. The van der Waals surface area contributed by atoms with Gasteiger partial charge in [-0.25, -0.2) is 0 Å². The van der Waals surface area contributed by atoms with E-state index in [-0.39, 0.29) is 25.8 Å². The molecular formula is C29H38N3O8P. The minimum atomic E-state index is -3.75. The van der Waals surface area contributed by atoms with Crippen LogP contribution in [0.3, 0.4) is 0 Å². The van der Waals surface area contributed by atoms with Crippen molar-refractivity contribution in [1.29, 1.82) is 0 Å². The zero-order chi connectivity index (χ0) is 29.5.